The highest BCUT2D eigenvalue weighted by Crippen LogP contribution is 2.31. The molecule has 2 rings (SSSR count). The first-order valence-corrected chi connectivity index (χ1v) is 7.57. The average molecular weight is 305 g/mol. The van der Waals surface area contributed by atoms with Gasteiger partial charge in [0.1, 0.15) is 11.5 Å². The minimum Gasteiger partial charge on any atom is -0.496 e. The number of carbonyl (C=O) groups excluding carboxylic acids is 1. The summed E-state index contributed by atoms with van der Waals surface area (Å²) in [4.78, 5) is 13.5. The number of rotatable bonds is 6. The predicted molar refractivity (Wildman–Crippen MR) is 84.6 cm³/mol. The topological polar surface area (TPSA) is 47.6 Å². The van der Waals surface area contributed by atoms with Crippen molar-refractivity contribution in [1.82, 2.24) is 5.32 Å². The van der Waals surface area contributed by atoms with Gasteiger partial charge >= 0.3 is 0 Å². The normalized spacial score (nSPS) is 10.2. The third-order valence-corrected chi connectivity index (χ3v) is 4.20. The summed E-state index contributed by atoms with van der Waals surface area (Å²) in [5.74, 6) is 1.14. The van der Waals surface area contributed by atoms with Crippen LogP contribution in [-0.2, 0) is 6.42 Å². The second kappa shape index (κ2) is 7.13. The summed E-state index contributed by atoms with van der Waals surface area (Å²) in [6, 6.07) is 7.59. The number of methoxy groups -OCH3 is 2. The van der Waals surface area contributed by atoms with E-state index in [1.165, 1.54) is 4.88 Å². The first kappa shape index (κ1) is 15.4. The second-order valence-electron chi connectivity index (χ2n) is 4.56. The van der Waals surface area contributed by atoms with Crippen molar-refractivity contribution in [1.29, 1.82) is 0 Å². The number of thiophene rings is 1. The van der Waals surface area contributed by atoms with Crippen molar-refractivity contribution in [2.45, 2.75) is 13.3 Å². The van der Waals surface area contributed by atoms with Gasteiger partial charge in [0.2, 0.25) is 0 Å². The Morgan fingerprint density at radius 2 is 2.05 bits per heavy atom. The molecule has 1 aromatic carbocycles. The van der Waals surface area contributed by atoms with Crippen LogP contribution in [0.3, 0.4) is 0 Å². The third kappa shape index (κ3) is 3.55. The maximum Gasteiger partial charge on any atom is 0.255 e. The van der Waals surface area contributed by atoms with Gasteiger partial charge in [-0.15, -0.1) is 11.3 Å². The lowest BCUT2D eigenvalue weighted by Gasteiger charge is -2.14. The van der Waals surface area contributed by atoms with Crippen LogP contribution in [0, 0.1) is 6.92 Å². The van der Waals surface area contributed by atoms with Gasteiger partial charge in [0.15, 0.2) is 0 Å². The van der Waals surface area contributed by atoms with E-state index in [4.69, 9.17) is 9.47 Å². The fraction of sp³-hybridized carbons (Fsp3) is 0.312. The Labute approximate surface area is 128 Å². The summed E-state index contributed by atoms with van der Waals surface area (Å²) < 4.78 is 10.6. The first-order valence-electron chi connectivity index (χ1n) is 6.69. The molecule has 1 heterocycles. The van der Waals surface area contributed by atoms with Crippen LogP contribution in [0.15, 0.2) is 29.6 Å². The zero-order valence-corrected chi connectivity index (χ0v) is 13.3. The molecule has 0 atom stereocenters. The summed E-state index contributed by atoms with van der Waals surface area (Å²) in [6.45, 7) is 2.48. The van der Waals surface area contributed by atoms with Gasteiger partial charge in [-0.3, -0.25) is 4.79 Å². The van der Waals surface area contributed by atoms with Crippen molar-refractivity contribution in [2.75, 3.05) is 20.8 Å². The fourth-order valence-electron chi connectivity index (χ4n) is 2.19. The molecule has 5 heteroatoms. The van der Waals surface area contributed by atoms with Gasteiger partial charge in [0.05, 0.1) is 19.8 Å². The van der Waals surface area contributed by atoms with E-state index in [9.17, 15) is 4.79 Å². The number of ether oxygens (including phenoxy) is 2. The minimum atomic E-state index is -0.130. The Hall–Kier alpha value is -2.01. The molecule has 0 spiro atoms. The number of hydrogen-bond acceptors (Lipinski definition) is 4. The number of amides is 1. The van der Waals surface area contributed by atoms with Gasteiger partial charge in [0.25, 0.3) is 5.91 Å². The zero-order valence-electron chi connectivity index (χ0n) is 12.4. The molecule has 112 valence electrons. The molecule has 0 fully saturated rings. The van der Waals surface area contributed by atoms with E-state index in [1.807, 2.05) is 18.4 Å². The van der Waals surface area contributed by atoms with E-state index in [1.54, 1.807) is 37.7 Å². The lowest BCUT2D eigenvalue weighted by atomic mass is 10.1. The number of hydrogen-bond donors (Lipinski definition) is 1. The number of benzene rings is 1. The molecule has 4 nitrogen and oxygen atoms in total. The van der Waals surface area contributed by atoms with E-state index in [0.29, 0.717) is 23.6 Å². The first-order chi connectivity index (χ1) is 10.2. The van der Waals surface area contributed by atoms with Crippen molar-refractivity contribution in [3.05, 3.63) is 45.6 Å². The highest BCUT2D eigenvalue weighted by Gasteiger charge is 2.16. The predicted octanol–water partition coefficient (Wildman–Crippen LogP) is 3.05. The van der Waals surface area contributed by atoms with Gasteiger partial charge < -0.3 is 14.8 Å². The largest absolute Gasteiger partial charge is 0.496 e. The second-order valence-corrected chi connectivity index (χ2v) is 5.59. The monoisotopic (exact) mass is 305 g/mol. The standard InChI is InChI=1S/C16H19NO3S/c1-11-14(19-2)7-6-13(15(11)20-3)16(18)17-9-8-12-5-4-10-21-12/h4-7,10H,8-9H2,1-3H3,(H,17,18). The summed E-state index contributed by atoms with van der Waals surface area (Å²) in [7, 11) is 3.16. The lowest BCUT2D eigenvalue weighted by molar-refractivity contribution is 0.0951. The molecule has 0 unspecified atom stereocenters. The van der Waals surface area contributed by atoms with Gasteiger partial charge in [-0.2, -0.15) is 0 Å². The molecule has 0 aliphatic heterocycles. The van der Waals surface area contributed by atoms with Gasteiger partial charge in [-0.1, -0.05) is 6.07 Å². The molecule has 0 aliphatic carbocycles. The average Bonchev–Trinajstić information content (AvgIpc) is 3.00. The van der Waals surface area contributed by atoms with E-state index in [2.05, 4.69) is 11.4 Å². The Morgan fingerprint density at radius 3 is 2.67 bits per heavy atom. The van der Waals surface area contributed by atoms with Gasteiger partial charge in [-0.25, -0.2) is 0 Å². The molecule has 2 aromatic rings. The lowest BCUT2D eigenvalue weighted by Crippen LogP contribution is -2.26. The number of carbonyl (C=O) groups is 1. The Bertz CT molecular complexity index is 608. The molecular weight excluding hydrogens is 286 g/mol. The molecule has 0 radical (unpaired) electrons. The summed E-state index contributed by atoms with van der Waals surface area (Å²) in [5.41, 5.74) is 1.35. The zero-order chi connectivity index (χ0) is 15.2. The Morgan fingerprint density at radius 1 is 1.24 bits per heavy atom. The van der Waals surface area contributed by atoms with E-state index >= 15 is 0 Å². The van der Waals surface area contributed by atoms with Crippen LogP contribution in [0.1, 0.15) is 20.8 Å². The molecule has 1 aromatic heterocycles. The maximum absolute atomic E-state index is 12.3. The minimum absolute atomic E-state index is 0.130. The smallest absolute Gasteiger partial charge is 0.255 e. The van der Waals surface area contributed by atoms with Crippen LogP contribution in [0.25, 0.3) is 0 Å². The van der Waals surface area contributed by atoms with Crippen molar-refractivity contribution in [3.63, 3.8) is 0 Å². The van der Waals surface area contributed by atoms with Crippen LogP contribution in [-0.4, -0.2) is 26.7 Å². The van der Waals surface area contributed by atoms with Crippen molar-refractivity contribution in [2.24, 2.45) is 0 Å². The van der Waals surface area contributed by atoms with Gasteiger partial charge in [-0.05, 0) is 36.9 Å². The molecular formula is C16H19NO3S. The SMILES string of the molecule is COc1ccc(C(=O)NCCc2cccs2)c(OC)c1C. The molecule has 1 amide bonds. The Kier molecular flexibility index (Phi) is 5.22. The van der Waals surface area contributed by atoms with Crippen LogP contribution in [0.2, 0.25) is 0 Å². The van der Waals surface area contributed by atoms with Gasteiger partial charge in [0, 0.05) is 17.0 Å². The molecule has 0 saturated carbocycles. The van der Waals surface area contributed by atoms with Crippen LogP contribution >= 0.6 is 11.3 Å². The molecule has 1 N–H and O–H groups in total. The Balaban J connectivity index is 2.06. The van der Waals surface area contributed by atoms with Crippen molar-refractivity contribution in [3.8, 4) is 11.5 Å². The molecule has 0 aliphatic rings. The van der Waals surface area contributed by atoms with Crippen molar-refractivity contribution < 1.29 is 14.3 Å². The third-order valence-electron chi connectivity index (χ3n) is 3.26. The van der Waals surface area contributed by atoms with Crippen molar-refractivity contribution >= 4 is 17.2 Å². The molecule has 21 heavy (non-hydrogen) atoms. The van der Waals surface area contributed by atoms with E-state index in [-0.39, 0.29) is 5.91 Å². The highest BCUT2D eigenvalue weighted by molar-refractivity contribution is 7.09. The summed E-state index contributed by atoms with van der Waals surface area (Å²) >= 11 is 1.69. The van der Waals surface area contributed by atoms with Crippen LogP contribution in [0.5, 0.6) is 11.5 Å². The van der Waals surface area contributed by atoms with E-state index < -0.39 is 0 Å². The fourth-order valence-corrected chi connectivity index (χ4v) is 2.89. The molecule has 0 bridgehead atoms. The van der Waals surface area contributed by atoms with Crippen LogP contribution < -0.4 is 14.8 Å². The summed E-state index contributed by atoms with van der Waals surface area (Å²) in [5, 5.41) is 4.96. The van der Waals surface area contributed by atoms with E-state index in [0.717, 1.165) is 12.0 Å². The highest BCUT2D eigenvalue weighted by atomic mass is 32.1. The number of nitrogens with one attached hydrogen (secondary N) is 1. The quantitative estimate of drug-likeness (QED) is 0.892. The molecule has 0 saturated heterocycles. The maximum atomic E-state index is 12.3. The summed E-state index contributed by atoms with van der Waals surface area (Å²) in [6.07, 6.45) is 0.834. The van der Waals surface area contributed by atoms with Crippen LogP contribution in [0.4, 0.5) is 0 Å².